The Morgan fingerprint density at radius 3 is 2.33 bits per heavy atom. The van der Waals surface area contributed by atoms with Crippen molar-refractivity contribution in [3.8, 4) is 0 Å². The Kier molecular flexibility index (Phi) is 10.0. The van der Waals surface area contributed by atoms with E-state index in [2.05, 4.69) is 10.3 Å². The molecule has 68 valence electrons. The van der Waals surface area contributed by atoms with Gasteiger partial charge in [-0.2, -0.15) is 5.48 Å². The van der Waals surface area contributed by atoms with Gasteiger partial charge in [0, 0.05) is 13.1 Å². The van der Waals surface area contributed by atoms with E-state index in [0.717, 1.165) is 0 Å². The van der Waals surface area contributed by atoms with Crippen LogP contribution in [0.4, 0.5) is 0 Å². The number of alkyl halides is 3. The van der Waals surface area contributed by atoms with E-state index in [1.165, 1.54) is 0 Å². The van der Waals surface area contributed by atoms with Gasteiger partial charge >= 0.3 is 35.5 Å². The summed E-state index contributed by atoms with van der Waals surface area (Å²) < 4.78 is -2.04. The second-order valence-electron chi connectivity index (χ2n) is 1.57. The molecule has 0 aromatic heterocycles. The molecule has 0 rings (SSSR count). The summed E-state index contributed by atoms with van der Waals surface area (Å²) >= 11 is 15.4. The van der Waals surface area contributed by atoms with E-state index in [9.17, 15) is 4.79 Å². The SMILES string of the molecule is NCCNOC(=O)C(Cl)(Cl)Cl.[NaH]. The summed E-state index contributed by atoms with van der Waals surface area (Å²) in [6.45, 7) is 0.639. The van der Waals surface area contributed by atoms with Crippen LogP contribution in [0, 0.1) is 0 Å². The molecule has 0 unspecified atom stereocenters. The minimum atomic E-state index is -2.04. The van der Waals surface area contributed by atoms with Crippen LogP contribution < -0.4 is 11.2 Å². The zero-order valence-corrected chi connectivity index (χ0v) is 7.71. The van der Waals surface area contributed by atoms with Crippen LogP contribution in [0.2, 0.25) is 0 Å². The first-order valence-electron chi connectivity index (χ1n) is 2.69. The molecule has 0 aliphatic rings. The number of halogens is 3. The van der Waals surface area contributed by atoms with Gasteiger partial charge in [-0.05, 0) is 0 Å². The quantitative estimate of drug-likeness (QED) is 0.311. The van der Waals surface area contributed by atoms with Crippen molar-refractivity contribution in [2.24, 2.45) is 5.73 Å². The van der Waals surface area contributed by atoms with Crippen LogP contribution in [0.1, 0.15) is 0 Å². The Balaban J connectivity index is 0. The van der Waals surface area contributed by atoms with Crippen molar-refractivity contribution in [1.29, 1.82) is 0 Å². The fourth-order valence-corrected chi connectivity index (χ4v) is 0.349. The first-order valence-corrected chi connectivity index (χ1v) is 3.83. The molecule has 0 fully saturated rings. The molecule has 0 aliphatic heterocycles. The number of carbonyl (C=O) groups excluding carboxylic acids is 1. The Morgan fingerprint density at radius 2 is 2.00 bits per heavy atom. The number of rotatable bonds is 3. The zero-order valence-electron chi connectivity index (χ0n) is 5.44. The minimum absolute atomic E-state index is 0. The van der Waals surface area contributed by atoms with E-state index in [0.29, 0.717) is 13.1 Å². The molecule has 8 heteroatoms. The second kappa shape index (κ2) is 7.64. The maximum atomic E-state index is 10.6. The van der Waals surface area contributed by atoms with Gasteiger partial charge in [-0.1, -0.05) is 34.8 Å². The van der Waals surface area contributed by atoms with Crippen molar-refractivity contribution < 1.29 is 9.63 Å². The third-order valence-electron chi connectivity index (χ3n) is 0.643. The summed E-state index contributed by atoms with van der Waals surface area (Å²) in [5, 5.41) is 0. The van der Waals surface area contributed by atoms with Gasteiger partial charge in [0.05, 0.1) is 0 Å². The molecule has 0 bridgehead atoms. The number of nitrogens with one attached hydrogen (secondary N) is 1. The number of hydrogen-bond acceptors (Lipinski definition) is 4. The Morgan fingerprint density at radius 1 is 1.50 bits per heavy atom. The standard InChI is InChI=1S/C4H7Cl3N2O2.Na.H/c5-4(6,7)3(10)11-9-2-1-8;;/h9H,1-2,8H2;;. The van der Waals surface area contributed by atoms with Gasteiger partial charge in [0.15, 0.2) is 0 Å². The topological polar surface area (TPSA) is 64.3 Å². The molecule has 0 amide bonds. The van der Waals surface area contributed by atoms with Gasteiger partial charge < -0.3 is 10.6 Å². The number of nitrogens with two attached hydrogens (primary N) is 1. The van der Waals surface area contributed by atoms with Gasteiger partial charge in [-0.25, -0.2) is 4.79 Å². The Bertz CT molecular complexity index is 141. The van der Waals surface area contributed by atoms with Crippen molar-refractivity contribution in [2.45, 2.75) is 3.79 Å². The Labute approximate surface area is 107 Å². The van der Waals surface area contributed by atoms with E-state index in [1.54, 1.807) is 0 Å². The van der Waals surface area contributed by atoms with E-state index < -0.39 is 9.76 Å². The average Bonchev–Trinajstić information content (AvgIpc) is 1.86. The van der Waals surface area contributed by atoms with Crippen molar-refractivity contribution in [1.82, 2.24) is 5.48 Å². The summed E-state index contributed by atoms with van der Waals surface area (Å²) in [6.07, 6.45) is 0. The van der Waals surface area contributed by atoms with Crippen LogP contribution >= 0.6 is 34.8 Å². The molecule has 0 radical (unpaired) electrons. The predicted molar refractivity (Wildman–Crippen MR) is 50.6 cm³/mol. The fraction of sp³-hybridized carbons (Fsp3) is 0.750. The molecular formula is C4H8Cl3N2NaO2. The average molecular weight is 245 g/mol. The first-order chi connectivity index (χ1) is 4.98. The third kappa shape index (κ3) is 7.89. The number of hydroxylamine groups is 1. The van der Waals surface area contributed by atoms with Crippen LogP contribution in [0.3, 0.4) is 0 Å². The summed E-state index contributed by atoms with van der Waals surface area (Å²) in [7, 11) is 0. The van der Waals surface area contributed by atoms with Crippen LogP contribution in [-0.2, 0) is 9.63 Å². The number of carbonyl (C=O) groups is 1. The van der Waals surface area contributed by atoms with Gasteiger partial charge in [0.25, 0.3) is 3.79 Å². The Hall–Kier alpha value is 1.26. The van der Waals surface area contributed by atoms with Crippen LogP contribution in [0.15, 0.2) is 0 Å². The molecule has 0 aromatic rings. The summed E-state index contributed by atoms with van der Waals surface area (Å²) in [5.74, 6) is -0.976. The first kappa shape index (κ1) is 15.7. The normalized spacial score (nSPS) is 10.3. The molecule has 0 aromatic carbocycles. The zero-order chi connectivity index (χ0) is 8.91. The molecule has 0 saturated heterocycles. The van der Waals surface area contributed by atoms with Crippen LogP contribution in [0.25, 0.3) is 0 Å². The monoisotopic (exact) mass is 244 g/mol. The van der Waals surface area contributed by atoms with E-state index >= 15 is 0 Å². The van der Waals surface area contributed by atoms with Gasteiger partial charge in [-0.15, -0.1) is 0 Å². The van der Waals surface area contributed by atoms with Crippen molar-refractivity contribution in [3.05, 3.63) is 0 Å². The van der Waals surface area contributed by atoms with Crippen LogP contribution in [0.5, 0.6) is 0 Å². The molecule has 4 nitrogen and oxygen atoms in total. The van der Waals surface area contributed by atoms with E-state index in [4.69, 9.17) is 40.5 Å². The molecule has 12 heavy (non-hydrogen) atoms. The van der Waals surface area contributed by atoms with Crippen molar-refractivity contribution >= 4 is 70.3 Å². The van der Waals surface area contributed by atoms with Crippen molar-refractivity contribution in [3.63, 3.8) is 0 Å². The molecule has 0 atom stereocenters. The summed E-state index contributed by atoms with van der Waals surface area (Å²) in [5.41, 5.74) is 7.28. The third-order valence-corrected chi connectivity index (χ3v) is 1.11. The molecule has 3 N–H and O–H groups in total. The van der Waals surface area contributed by atoms with Crippen molar-refractivity contribution in [2.75, 3.05) is 13.1 Å². The van der Waals surface area contributed by atoms with Gasteiger partial charge in [0.2, 0.25) is 0 Å². The molecule has 0 saturated carbocycles. The van der Waals surface area contributed by atoms with Gasteiger partial charge in [-0.3, -0.25) is 0 Å². The second-order valence-corrected chi connectivity index (χ2v) is 3.85. The fourth-order valence-electron chi connectivity index (χ4n) is 0.233. The summed E-state index contributed by atoms with van der Waals surface area (Å²) in [4.78, 5) is 14.9. The predicted octanol–water partition coefficient (Wildman–Crippen LogP) is -0.285. The van der Waals surface area contributed by atoms with Crippen LogP contribution in [-0.4, -0.2) is 52.4 Å². The maximum absolute atomic E-state index is 10.6. The molecule has 0 spiro atoms. The van der Waals surface area contributed by atoms with Gasteiger partial charge in [0.1, 0.15) is 0 Å². The number of hydrogen-bond donors (Lipinski definition) is 2. The molecular weight excluding hydrogens is 237 g/mol. The molecule has 0 aliphatic carbocycles. The van der Waals surface area contributed by atoms with E-state index in [-0.39, 0.29) is 29.6 Å². The molecule has 0 heterocycles. The van der Waals surface area contributed by atoms with E-state index in [1.807, 2.05) is 0 Å². The summed E-state index contributed by atoms with van der Waals surface area (Å²) in [6, 6.07) is 0.